The lowest BCUT2D eigenvalue weighted by Crippen LogP contribution is -1.85. The summed E-state index contributed by atoms with van der Waals surface area (Å²) < 4.78 is 1.45. The Morgan fingerprint density at radius 2 is 1.34 bits per heavy atom. The van der Waals surface area contributed by atoms with Crippen LogP contribution >= 0.6 is 46.6 Å². The summed E-state index contributed by atoms with van der Waals surface area (Å²) in [7, 11) is 0. The molecule has 0 radical (unpaired) electrons. The summed E-state index contributed by atoms with van der Waals surface area (Å²) >= 11 is 27.2. The second kappa shape index (κ2) is 11.9. The van der Waals surface area contributed by atoms with E-state index < -0.39 is 0 Å². The van der Waals surface area contributed by atoms with Crippen molar-refractivity contribution in [3.63, 3.8) is 0 Å². The molecule has 0 amide bonds. The Morgan fingerprint density at radius 1 is 0.659 bits per heavy atom. The first-order valence-corrected chi connectivity index (χ1v) is 15.1. The molecule has 2 aromatic carbocycles. The Balaban J connectivity index is 0.000000264. The monoisotopic (exact) mass is 651 g/mol. The van der Waals surface area contributed by atoms with E-state index in [0.717, 1.165) is 39.1 Å². The van der Waals surface area contributed by atoms with Crippen LogP contribution in [0.4, 0.5) is 0 Å². The summed E-state index contributed by atoms with van der Waals surface area (Å²) in [5.74, 6) is 0. The first-order chi connectivity index (χ1) is 21.4. The molecule has 0 unspecified atom stereocenters. The predicted molar refractivity (Wildman–Crippen MR) is 186 cm³/mol. The van der Waals surface area contributed by atoms with E-state index in [-0.39, 0.29) is 5.02 Å². The van der Waals surface area contributed by atoms with Crippen molar-refractivity contribution in [1.29, 1.82) is 0 Å². The molecular formula is C35H21Cl4N5. The summed E-state index contributed by atoms with van der Waals surface area (Å²) in [6.45, 7) is 0. The fourth-order valence-electron chi connectivity index (χ4n) is 5.11. The van der Waals surface area contributed by atoms with Crippen molar-refractivity contribution >= 4 is 103 Å². The van der Waals surface area contributed by atoms with Gasteiger partial charge in [-0.15, -0.1) is 0 Å². The highest BCUT2D eigenvalue weighted by atomic mass is 35.5. The van der Waals surface area contributed by atoms with Crippen LogP contribution in [-0.2, 0) is 0 Å². The largest absolute Gasteiger partial charge is 0.355 e. The van der Waals surface area contributed by atoms with Crippen LogP contribution in [0.2, 0.25) is 10.0 Å². The van der Waals surface area contributed by atoms with E-state index in [2.05, 4.69) is 27.1 Å². The highest BCUT2D eigenvalue weighted by Gasteiger charge is 2.22. The van der Waals surface area contributed by atoms with Crippen LogP contribution in [0.3, 0.4) is 0 Å². The van der Waals surface area contributed by atoms with Crippen LogP contribution in [0.15, 0.2) is 103 Å². The van der Waals surface area contributed by atoms with Gasteiger partial charge in [-0.25, -0.2) is 14.1 Å². The van der Waals surface area contributed by atoms with Crippen LogP contribution in [0, 0.1) is 0 Å². The molecule has 5 nitrogen and oxygen atoms in total. The zero-order valence-electron chi connectivity index (χ0n) is 22.8. The van der Waals surface area contributed by atoms with Crippen molar-refractivity contribution in [3.8, 4) is 11.1 Å². The lowest BCUT2D eigenvalue weighted by molar-refractivity contribution is 1.30. The number of aromatic amines is 1. The summed E-state index contributed by atoms with van der Waals surface area (Å²) in [6, 6.07) is 31.5. The standard InChI is InChI=1S/C26H14Cl4N4.C9H7N/c27-20-12-19-11-17-7-6-15(31-17)10-16-8-9-18(32-16)13-21-22(14-4-2-1-3-5-14)23(28)26(34(21)30)24(29)25(20)33-19;1-2-6-9-8(4-1)5-3-7-10-9/h1-13,31H;1-7H. The van der Waals surface area contributed by atoms with Crippen molar-refractivity contribution < 1.29 is 0 Å². The molecule has 0 spiro atoms. The molecular weight excluding hydrogens is 632 g/mol. The number of halogens is 4. The highest BCUT2D eigenvalue weighted by Crippen LogP contribution is 2.43. The predicted octanol–water partition coefficient (Wildman–Crippen LogP) is 10.9. The number of hydrogen-bond donors (Lipinski definition) is 1. The third kappa shape index (κ3) is 5.51. The van der Waals surface area contributed by atoms with Gasteiger partial charge in [0.05, 0.1) is 48.7 Å². The van der Waals surface area contributed by atoms with Crippen LogP contribution in [0.1, 0.15) is 22.8 Å². The maximum Gasteiger partial charge on any atom is 0.103 e. The molecule has 2 aliphatic heterocycles. The Labute approximate surface area is 272 Å². The molecule has 6 aromatic rings. The second-order valence-electron chi connectivity index (χ2n) is 10.1. The lowest BCUT2D eigenvalue weighted by atomic mass is 10.1. The molecule has 6 heterocycles. The van der Waals surface area contributed by atoms with Crippen molar-refractivity contribution in [2.45, 2.75) is 0 Å². The minimum Gasteiger partial charge on any atom is -0.355 e. The molecule has 44 heavy (non-hydrogen) atoms. The number of nitrogens with one attached hydrogen (secondary N) is 1. The zero-order valence-corrected chi connectivity index (χ0v) is 25.9. The summed E-state index contributed by atoms with van der Waals surface area (Å²) in [4.78, 5) is 16.9. The Hall–Kier alpha value is -4.39. The number of rotatable bonds is 1. The van der Waals surface area contributed by atoms with Crippen molar-refractivity contribution in [2.24, 2.45) is 0 Å². The van der Waals surface area contributed by atoms with E-state index in [1.54, 1.807) is 6.08 Å². The zero-order chi connectivity index (χ0) is 30.2. The van der Waals surface area contributed by atoms with Crippen molar-refractivity contribution in [3.05, 3.63) is 136 Å². The normalized spacial score (nSPS) is 12.1. The first kappa shape index (κ1) is 28.4. The number of H-pyrrole nitrogens is 1. The molecule has 1 N–H and O–H groups in total. The van der Waals surface area contributed by atoms with Gasteiger partial charge in [0.15, 0.2) is 0 Å². The van der Waals surface area contributed by atoms with Crippen molar-refractivity contribution in [2.75, 3.05) is 0 Å². The fraction of sp³-hybridized carbons (Fsp3) is 0. The number of para-hydroxylation sites is 1. The Kier molecular flexibility index (Phi) is 7.71. The molecule has 0 atom stereocenters. The second-order valence-corrected chi connectivity index (χ2v) is 11.6. The van der Waals surface area contributed by atoms with Crippen molar-refractivity contribution in [1.82, 2.24) is 24.0 Å². The van der Waals surface area contributed by atoms with Gasteiger partial charge in [0.25, 0.3) is 0 Å². The average molecular weight is 653 g/mol. The number of benzene rings is 2. The lowest BCUT2D eigenvalue weighted by Gasteiger charge is -2.00. The van der Waals surface area contributed by atoms with Gasteiger partial charge in [0.2, 0.25) is 0 Å². The molecule has 0 saturated carbocycles. The summed E-state index contributed by atoms with van der Waals surface area (Å²) in [5, 5.41) is 2.26. The fourth-order valence-corrected chi connectivity index (χ4v) is 6.55. The first-order valence-electron chi connectivity index (χ1n) is 13.6. The van der Waals surface area contributed by atoms with E-state index in [1.165, 1.54) is 9.47 Å². The number of aromatic nitrogens is 5. The molecule has 9 heteroatoms. The van der Waals surface area contributed by atoms with Gasteiger partial charge in [-0.05, 0) is 66.3 Å². The number of nitrogens with zero attached hydrogens (tertiary/aromatic N) is 4. The average Bonchev–Trinajstić information content (AvgIpc) is 3.81. The Morgan fingerprint density at radius 3 is 2.11 bits per heavy atom. The summed E-state index contributed by atoms with van der Waals surface area (Å²) in [5.41, 5.74) is 8.17. The third-order valence-corrected chi connectivity index (χ3v) is 8.49. The smallest absolute Gasteiger partial charge is 0.103 e. The number of hydrogen-bond acceptors (Lipinski definition) is 3. The van der Waals surface area contributed by atoms with Crippen LogP contribution < -0.4 is 0 Å². The third-order valence-electron chi connectivity index (χ3n) is 7.13. The van der Waals surface area contributed by atoms with E-state index in [1.807, 2.05) is 103 Å². The minimum atomic E-state index is 0.255. The van der Waals surface area contributed by atoms with E-state index in [4.69, 9.17) is 51.6 Å². The van der Waals surface area contributed by atoms with Gasteiger partial charge in [-0.2, -0.15) is 0 Å². The topological polar surface area (TPSA) is 59.4 Å². The molecule has 0 aliphatic carbocycles. The molecule has 4 aromatic heterocycles. The highest BCUT2D eigenvalue weighted by molar-refractivity contribution is 6.54. The van der Waals surface area contributed by atoms with Crippen LogP contribution in [0.25, 0.3) is 67.4 Å². The van der Waals surface area contributed by atoms with Gasteiger partial charge in [-0.1, -0.05) is 89.4 Å². The van der Waals surface area contributed by atoms with Gasteiger partial charge in [0, 0.05) is 40.0 Å². The summed E-state index contributed by atoms with van der Waals surface area (Å²) in [6.07, 6.45) is 7.44. The van der Waals surface area contributed by atoms with E-state index in [0.29, 0.717) is 32.5 Å². The molecule has 0 fully saturated rings. The van der Waals surface area contributed by atoms with Crippen LogP contribution in [0.5, 0.6) is 0 Å². The van der Waals surface area contributed by atoms with E-state index >= 15 is 0 Å². The number of pyridine rings is 1. The van der Waals surface area contributed by atoms with Gasteiger partial charge in [0.1, 0.15) is 5.69 Å². The molecule has 8 rings (SSSR count). The van der Waals surface area contributed by atoms with Gasteiger partial charge >= 0.3 is 0 Å². The molecule has 214 valence electrons. The quantitative estimate of drug-likeness (QED) is 0.192. The molecule has 0 saturated heterocycles. The van der Waals surface area contributed by atoms with E-state index in [9.17, 15) is 0 Å². The van der Waals surface area contributed by atoms with Crippen LogP contribution in [-0.4, -0.2) is 24.0 Å². The maximum absolute atomic E-state index is 6.93. The molecule has 2 aliphatic rings. The van der Waals surface area contributed by atoms with Gasteiger partial charge < -0.3 is 4.98 Å². The number of fused-ring (bicyclic) bond motifs is 9. The Bertz CT molecular complexity index is 2220. The minimum absolute atomic E-state index is 0.255. The molecule has 8 bridgehead atoms. The van der Waals surface area contributed by atoms with Gasteiger partial charge in [-0.3, -0.25) is 4.98 Å². The maximum atomic E-state index is 6.93. The SMILES string of the molecule is ClC1=Cc2cc3ccc(cc4nc(cc5c(-c6ccccc6)c(Cl)c(c(Cl)c1n2)n5Cl)C=C4)[nH]3.c1ccc2ncccc2c1.